The normalized spacial score (nSPS) is 25.9. The number of nitrogens with zero attached hydrogens (tertiary/aromatic N) is 2. The molecule has 3 amide bonds. The number of fused-ring (bicyclic) bond motifs is 2. The van der Waals surface area contributed by atoms with Gasteiger partial charge in [-0.25, -0.2) is 0 Å². The fraction of sp³-hybridized carbons (Fsp3) is 0.368. The Morgan fingerprint density at radius 1 is 1.08 bits per heavy atom. The van der Waals surface area contributed by atoms with Crippen LogP contribution >= 0.6 is 15.9 Å². The Bertz CT molecular complexity index is 1750. The van der Waals surface area contributed by atoms with Crippen LogP contribution in [0, 0.1) is 11.8 Å². The summed E-state index contributed by atoms with van der Waals surface area (Å²) in [4.78, 5) is 58.3. The minimum atomic E-state index is -1.34. The summed E-state index contributed by atoms with van der Waals surface area (Å²) in [7, 11) is 0. The first-order valence-electron chi connectivity index (χ1n) is 16.5. The third-order valence-corrected chi connectivity index (χ3v) is 10.6. The van der Waals surface area contributed by atoms with Gasteiger partial charge in [0, 0.05) is 30.0 Å². The van der Waals surface area contributed by atoms with Crippen molar-refractivity contribution in [1.29, 1.82) is 0 Å². The van der Waals surface area contributed by atoms with Gasteiger partial charge < -0.3 is 29.7 Å². The summed E-state index contributed by atoms with van der Waals surface area (Å²) in [6.45, 7) is 7.24. The van der Waals surface area contributed by atoms with Crippen molar-refractivity contribution in [2.45, 2.75) is 47.9 Å². The van der Waals surface area contributed by atoms with Gasteiger partial charge in [0.05, 0.1) is 31.1 Å². The Kier molecular flexibility index (Phi) is 10.3. The number of benzene rings is 3. The van der Waals surface area contributed by atoms with E-state index in [2.05, 4.69) is 34.4 Å². The highest BCUT2D eigenvalue weighted by atomic mass is 79.9. The fourth-order valence-electron chi connectivity index (χ4n) is 7.61. The van der Waals surface area contributed by atoms with Gasteiger partial charge >= 0.3 is 5.97 Å². The summed E-state index contributed by atoms with van der Waals surface area (Å²) in [5.41, 5.74) is -0.0414. The standard InChI is InChI=1S/C38H40BrN3O7/c1-3-5-15-30(44)40-23-29(25-12-7-6-8-13-25)48-37(47)31-32-35(45)42(19-20-43)34(38(32)22-28(39)33(31)49-38)36(46)41(18-4-2)27-17-16-24-11-9-10-14-26(24)21-27/h3-4,6-14,16-17,21,28-29,31-34,43H,1-2,5,15,18-20,22-23H2,(H,40,44)/t28?,29-,31-,32+,33-,34-,38+/m0/s1. The number of amides is 3. The topological polar surface area (TPSA) is 125 Å². The third-order valence-electron chi connectivity index (χ3n) is 9.75. The molecular formula is C38H40BrN3O7. The summed E-state index contributed by atoms with van der Waals surface area (Å²) < 4.78 is 12.7. The summed E-state index contributed by atoms with van der Waals surface area (Å²) >= 11 is 3.70. The number of carbonyl (C=O) groups excluding carboxylic acids is 4. The maximum atomic E-state index is 14.7. The summed E-state index contributed by atoms with van der Waals surface area (Å²) in [5, 5.41) is 14.9. The van der Waals surface area contributed by atoms with Crippen molar-refractivity contribution in [2.75, 3.05) is 31.1 Å². The Balaban J connectivity index is 1.32. The minimum Gasteiger partial charge on any atom is -0.455 e. The van der Waals surface area contributed by atoms with E-state index in [1.807, 2.05) is 60.7 Å². The molecule has 6 rings (SSSR count). The Morgan fingerprint density at radius 2 is 1.82 bits per heavy atom. The number of esters is 1. The molecule has 256 valence electrons. The Labute approximate surface area is 293 Å². The number of alkyl halides is 1. The number of likely N-dealkylation sites (tertiary alicyclic amines) is 1. The molecule has 1 unspecified atom stereocenters. The average molecular weight is 731 g/mol. The van der Waals surface area contributed by atoms with Crippen molar-refractivity contribution >= 4 is 56.1 Å². The van der Waals surface area contributed by atoms with Crippen LogP contribution in [0.3, 0.4) is 0 Å². The van der Waals surface area contributed by atoms with Gasteiger partial charge in [0.25, 0.3) is 5.91 Å². The van der Waals surface area contributed by atoms with Crippen LogP contribution in [0.4, 0.5) is 5.69 Å². The van der Waals surface area contributed by atoms with Crippen molar-refractivity contribution in [1.82, 2.24) is 10.2 Å². The van der Waals surface area contributed by atoms with Crippen LogP contribution in [0.2, 0.25) is 0 Å². The number of anilines is 1. The number of halogens is 1. The lowest BCUT2D eigenvalue weighted by Crippen LogP contribution is -2.57. The highest BCUT2D eigenvalue weighted by molar-refractivity contribution is 9.09. The van der Waals surface area contributed by atoms with Crippen LogP contribution in [0.1, 0.15) is 30.9 Å². The van der Waals surface area contributed by atoms with E-state index in [0.29, 0.717) is 24.1 Å². The number of nitrogens with one attached hydrogen (secondary N) is 1. The molecule has 3 aromatic rings. The van der Waals surface area contributed by atoms with E-state index in [-0.39, 0.29) is 43.4 Å². The third kappa shape index (κ3) is 6.42. The first kappa shape index (κ1) is 34.5. The van der Waals surface area contributed by atoms with E-state index in [1.54, 1.807) is 29.2 Å². The Morgan fingerprint density at radius 3 is 2.53 bits per heavy atom. The minimum absolute atomic E-state index is 0.0332. The molecule has 0 radical (unpaired) electrons. The fourth-order valence-corrected chi connectivity index (χ4v) is 8.56. The van der Waals surface area contributed by atoms with Crippen LogP contribution in [0.25, 0.3) is 10.8 Å². The molecule has 10 nitrogen and oxygen atoms in total. The van der Waals surface area contributed by atoms with Gasteiger partial charge in [-0.2, -0.15) is 0 Å². The van der Waals surface area contributed by atoms with Gasteiger partial charge in [0.2, 0.25) is 11.8 Å². The molecule has 3 aliphatic rings. The zero-order chi connectivity index (χ0) is 34.7. The number of aliphatic hydroxyl groups excluding tert-OH is 1. The van der Waals surface area contributed by atoms with Crippen LogP contribution in [0.15, 0.2) is 98.1 Å². The molecule has 11 heteroatoms. The second kappa shape index (κ2) is 14.7. The number of hydrogen-bond donors (Lipinski definition) is 2. The number of hydrogen-bond acceptors (Lipinski definition) is 7. The van der Waals surface area contributed by atoms with Crippen LogP contribution in [0.5, 0.6) is 0 Å². The quantitative estimate of drug-likeness (QED) is 0.143. The molecule has 3 aliphatic heterocycles. The number of aliphatic hydroxyl groups is 1. The maximum Gasteiger partial charge on any atom is 0.313 e. The molecule has 2 N–H and O–H groups in total. The van der Waals surface area contributed by atoms with E-state index in [1.165, 1.54) is 4.90 Å². The molecule has 7 atom stereocenters. The smallest absolute Gasteiger partial charge is 0.313 e. The van der Waals surface area contributed by atoms with Crippen molar-refractivity contribution in [3.8, 4) is 0 Å². The molecule has 3 heterocycles. The predicted molar refractivity (Wildman–Crippen MR) is 189 cm³/mol. The van der Waals surface area contributed by atoms with Crippen LogP contribution in [-0.2, 0) is 28.7 Å². The first-order chi connectivity index (χ1) is 23.7. The molecular weight excluding hydrogens is 690 g/mol. The van der Waals surface area contributed by atoms with Gasteiger partial charge in [-0.05, 0) is 41.3 Å². The van der Waals surface area contributed by atoms with Gasteiger partial charge in [-0.15, -0.1) is 13.2 Å². The molecule has 1 spiro atoms. The number of β-amino-alcohol motifs (C(OH)–C–C–N with tert-alkyl or cyclic N) is 1. The Hall–Kier alpha value is -4.32. The molecule has 0 saturated carbocycles. The summed E-state index contributed by atoms with van der Waals surface area (Å²) in [6, 6.07) is 21.5. The van der Waals surface area contributed by atoms with Gasteiger partial charge in [0.15, 0.2) is 0 Å². The summed E-state index contributed by atoms with van der Waals surface area (Å²) in [5.74, 6) is -3.73. The van der Waals surface area contributed by atoms with Crippen LogP contribution < -0.4 is 10.2 Å². The number of ether oxygens (including phenoxy) is 2. The maximum absolute atomic E-state index is 14.7. The lowest BCUT2D eigenvalue weighted by Gasteiger charge is -2.37. The SMILES string of the molecule is C=CCCC(=O)NC[C@H](OC(=O)[C@@H]1[C@H]2O[C@@]3(CC2Br)[C@H](C(=O)N(CC=C)c2ccc4ccccc4c2)N(CCO)C(=O)[C@@H]13)c1ccccc1. The van der Waals surface area contributed by atoms with E-state index >= 15 is 0 Å². The average Bonchev–Trinajstić information content (AvgIpc) is 3.71. The highest BCUT2D eigenvalue weighted by Gasteiger charge is 2.77. The zero-order valence-electron chi connectivity index (χ0n) is 27.1. The molecule has 0 aromatic heterocycles. The van der Waals surface area contributed by atoms with E-state index in [9.17, 15) is 24.3 Å². The lowest BCUT2D eigenvalue weighted by atomic mass is 9.70. The van der Waals surface area contributed by atoms with Gasteiger partial charge in [0.1, 0.15) is 17.7 Å². The number of carbonyl (C=O) groups is 4. The first-order valence-corrected chi connectivity index (χ1v) is 17.4. The number of allylic oxidation sites excluding steroid dienone is 1. The van der Waals surface area contributed by atoms with Crippen LogP contribution in [-0.4, -0.2) is 82.5 Å². The molecule has 3 fully saturated rings. The van der Waals surface area contributed by atoms with E-state index < -0.39 is 53.5 Å². The van der Waals surface area contributed by atoms with E-state index in [4.69, 9.17) is 9.47 Å². The monoisotopic (exact) mass is 729 g/mol. The molecule has 49 heavy (non-hydrogen) atoms. The molecule has 2 bridgehead atoms. The van der Waals surface area contributed by atoms with Crippen molar-refractivity contribution in [3.05, 3.63) is 104 Å². The van der Waals surface area contributed by atoms with Crippen molar-refractivity contribution < 1.29 is 33.8 Å². The lowest BCUT2D eigenvalue weighted by molar-refractivity contribution is -0.160. The second-order valence-electron chi connectivity index (χ2n) is 12.7. The molecule has 3 saturated heterocycles. The zero-order valence-corrected chi connectivity index (χ0v) is 28.7. The largest absolute Gasteiger partial charge is 0.455 e. The van der Waals surface area contributed by atoms with E-state index in [0.717, 1.165) is 10.8 Å². The molecule has 3 aromatic carbocycles. The molecule has 0 aliphatic carbocycles. The second-order valence-corrected chi connectivity index (χ2v) is 13.8. The van der Waals surface area contributed by atoms with Gasteiger partial charge in [-0.1, -0.05) is 88.7 Å². The van der Waals surface area contributed by atoms with Gasteiger partial charge in [-0.3, -0.25) is 19.2 Å². The highest BCUT2D eigenvalue weighted by Crippen LogP contribution is 2.60. The van der Waals surface area contributed by atoms with Crippen molar-refractivity contribution in [2.24, 2.45) is 11.8 Å². The number of rotatable bonds is 14. The van der Waals surface area contributed by atoms with Crippen molar-refractivity contribution in [3.63, 3.8) is 0 Å². The summed E-state index contributed by atoms with van der Waals surface area (Å²) in [6.07, 6.45) is 2.78. The predicted octanol–water partition coefficient (Wildman–Crippen LogP) is 4.47.